The van der Waals surface area contributed by atoms with E-state index in [4.69, 9.17) is 11.6 Å². The van der Waals surface area contributed by atoms with Gasteiger partial charge in [0.05, 0.1) is 11.0 Å². The number of allylic oxidation sites excluding steroid dienone is 2. The summed E-state index contributed by atoms with van der Waals surface area (Å²) in [6.07, 6.45) is 5.28. The van der Waals surface area contributed by atoms with Crippen LogP contribution in [0.1, 0.15) is 29.5 Å². The number of nitrogens with zero attached hydrogens (tertiary/aromatic N) is 1. The Morgan fingerprint density at radius 1 is 1.07 bits per heavy atom. The molecule has 3 atom stereocenters. The van der Waals surface area contributed by atoms with Crippen LogP contribution in [0.25, 0.3) is 10.8 Å². The molecule has 0 amide bonds. The minimum atomic E-state index is -0.350. The van der Waals surface area contributed by atoms with Crippen molar-refractivity contribution in [3.8, 4) is 0 Å². The van der Waals surface area contributed by atoms with Gasteiger partial charge < -0.3 is 5.32 Å². The Labute approximate surface area is 161 Å². The van der Waals surface area contributed by atoms with E-state index in [0.717, 1.165) is 12.0 Å². The molecule has 3 aromatic carbocycles. The van der Waals surface area contributed by atoms with E-state index in [0.29, 0.717) is 16.6 Å². The molecule has 0 saturated heterocycles. The predicted molar refractivity (Wildman–Crippen MR) is 108 cm³/mol. The van der Waals surface area contributed by atoms with Crippen molar-refractivity contribution in [2.24, 2.45) is 5.92 Å². The van der Waals surface area contributed by atoms with Crippen LogP contribution in [0.3, 0.4) is 0 Å². The van der Waals surface area contributed by atoms with Gasteiger partial charge in [0.15, 0.2) is 0 Å². The maximum Gasteiger partial charge on any atom is 0.294 e. The molecule has 0 unspecified atom stereocenters. The summed E-state index contributed by atoms with van der Waals surface area (Å²) in [5, 5.41) is 17.9. The lowest BCUT2D eigenvalue weighted by Crippen LogP contribution is -2.29. The third kappa shape index (κ3) is 2.52. The van der Waals surface area contributed by atoms with Gasteiger partial charge in [-0.15, -0.1) is 0 Å². The molecule has 134 valence electrons. The number of nitrogens with one attached hydrogen (secondary N) is 1. The molecule has 1 aliphatic heterocycles. The molecule has 27 heavy (non-hydrogen) atoms. The summed E-state index contributed by atoms with van der Waals surface area (Å²) in [7, 11) is 0. The number of fused-ring (bicyclic) bond motifs is 4. The van der Waals surface area contributed by atoms with Crippen molar-refractivity contribution in [3.05, 3.63) is 93.0 Å². The Hall–Kier alpha value is -2.85. The van der Waals surface area contributed by atoms with Gasteiger partial charge in [-0.05, 0) is 40.3 Å². The molecule has 1 N–H and O–H groups in total. The number of rotatable bonds is 2. The fourth-order valence-corrected chi connectivity index (χ4v) is 4.84. The summed E-state index contributed by atoms with van der Waals surface area (Å²) in [4.78, 5) is 11.3. The summed E-state index contributed by atoms with van der Waals surface area (Å²) in [5.74, 6) is 0.434. The first kappa shape index (κ1) is 16.3. The highest BCUT2D eigenvalue weighted by molar-refractivity contribution is 6.31. The topological polar surface area (TPSA) is 55.2 Å². The highest BCUT2D eigenvalue weighted by Gasteiger charge is 2.41. The third-order valence-electron chi connectivity index (χ3n) is 5.77. The fourth-order valence-electron chi connectivity index (χ4n) is 4.62. The summed E-state index contributed by atoms with van der Waals surface area (Å²) in [5.41, 5.74) is 2.74. The number of anilines is 1. The zero-order chi connectivity index (χ0) is 18.5. The molecule has 0 aromatic heterocycles. The largest absolute Gasteiger partial charge is 0.372 e. The van der Waals surface area contributed by atoms with Crippen LogP contribution >= 0.6 is 11.6 Å². The SMILES string of the molecule is O=[N+]([O-])c1cc(Cl)cc2c1N[C@@H](c1cccc3ccccc13)[C@H]1CC=C[C@@H]21. The first-order valence-corrected chi connectivity index (χ1v) is 9.40. The van der Waals surface area contributed by atoms with E-state index in [1.54, 1.807) is 0 Å². The van der Waals surface area contributed by atoms with Gasteiger partial charge >= 0.3 is 0 Å². The molecular formula is C22H17ClN2O2. The Morgan fingerprint density at radius 2 is 1.89 bits per heavy atom. The van der Waals surface area contributed by atoms with Gasteiger partial charge in [0.1, 0.15) is 5.69 Å². The highest BCUT2D eigenvalue weighted by Crippen LogP contribution is 2.53. The summed E-state index contributed by atoms with van der Waals surface area (Å²) in [6, 6.07) is 17.9. The molecule has 3 aromatic rings. The number of hydrogen-bond acceptors (Lipinski definition) is 3. The van der Waals surface area contributed by atoms with Crippen molar-refractivity contribution in [3.63, 3.8) is 0 Å². The summed E-state index contributed by atoms with van der Waals surface area (Å²) in [6.45, 7) is 0. The number of halogens is 1. The highest BCUT2D eigenvalue weighted by atomic mass is 35.5. The molecule has 0 fully saturated rings. The zero-order valence-electron chi connectivity index (χ0n) is 14.4. The van der Waals surface area contributed by atoms with Crippen LogP contribution in [0.2, 0.25) is 5.02 Å². The van der Waals surface area contributed by atoms with Crippen molar-refractivity contribution < 1.29 is 4.92 Å². The minimum Gasteiger partial charge on any atom is -0.372 e. The first-order valence-electron chi connectivity index (χ1n) is 9.02. The fraction of sp³-hybridized carbons (Fsp3) is 0.182. The smallest absolute Gasteiger partial charge is 0.294 e. The molecule has 5 rings (SSSR count). The van der Waals surface area contributed by atoms with Gasteiger partial charge in [0, 0.05) is 17.0 Å². The average Bonchev–Trinajstić information content (AvgIpc) is 3.16. The van der Waals surface area contributed by atoms with Crippen molar-refractivity contribution in [1.29, 1.82) is 0 Å². The van der Waals surface area contributed by atoms with E-state index in [1.807, 2.05) is 18.2 Å². The normalized spacial score (nSPS) is 22.9. The second-order valence-corrected chi connectivity index (χ2v) is 7.63. The molecule has 1 heterocycles. The number of benzene rings is 3. The second-order valence-electron chi connectivity index (χ2n) is 7.19. The Bertz CT molecular complexity index is 1100. The predicted octanol–water partition coefficient (Wildman–Crippen LogP) is 6.23. The molecule has 0 saturated carbocycles. The molecule has 2 aliphatic rings. The summed E-state index contributed by atoms with van der Waals surface area (Å²) >= 11 is 6.19. The lowest BCUT2D eigenvalue weighted by atomic mass is 9.76. The molecule has 0 radical (unpaired) electrons. The van der Waals surface area contributed by atoms with Crippen LogP contribution in [-0.4, -0.2) is 4.92 Å². The van der Waals surface area contributed by atoms with Crippen LogP contribution < -0.4 is 5.32 Å². The molecule has 0 spiro atoms. The third-order valence-corrected chi connectivity index (χ3v) is 5.99. The van der Waals surface area contributed by atoms with Gasteiger partial charge in [0.25, 0.3) is 5.69 Å². The lowest BCUT2D eigenvalue weighted by Gasteiger charge is -2.37. The van der Waals surface area contributed by atoms with E-state index in [2.05, 4.69) is 47.8 Å². The van der Waals surface area contributed by atoms with Crippen molar-refractivity contribution in [1.82, 2.24) is 0 Å². The standard InChI is InChI=1S/C22H17ClN2O2/c23-14-11-19-16-8-4-10-18(16)21(24-22(19)20(12-14)25(26)27)17-9-3-6-13-5-1-2-7-15(13)17/h1-9,11-12,16,18,21,24H,10H2/t16-,18+,21+/m1/s1. The van der Waals surface area contributed by atoms with Crippen LogP contribution in [-0.2, 0) is 0 Å². The average molecular weight is 377 g/mol. The number of nitro groups is 1. The van der Waals surface area contributed by atoms with E-state index in [9.17, 15) is 10.1 Å². The maximum atomic E-state index is 11.7. The van der Waals surface area contributed by atoms with Crippen molar-refractivity contribution >= 4 is 33.7 Å². The van der Waals surface area contributed by atoms with E-state index in [1.165, 1.54) is 22.4 Å². The monoisotopic (exact) mass is 376 g/mol. The molecule has 0 bridgehead atoms. The van der Waals surface area contributed by atoms with Crippen LogP contribution in [0.15, 0.2) is 66.7 Å². The quantitative estimate of drug-likeness (QED) is 0.327. The summed E-state index contributed by atoms with van der Waals surface area (Å²) < 4.78 is 0. The Balaban J connectivity index is 1.72. The Kier molecular flexibility index (Phi) is 3.69. The maximum absolute atomic E-state index is 11.7. The van der Waals surface area contributed by atoms with Gasteiger partial charge in [-0.3, -0.25) is 10.1 Å². The van der Waals surface area contributed by atoms with E-state index < -0.39 is 0 Å². The van der Waals surface area contributed by atoms with Crippen molar-refractivity contribution in [2.75, 3.05) is 5.32 Å². The zero-order valence-corrected chi connectivity index (χ0v) is 15.2. The van der Waals surface area contributed by atoms with Gasteiger partial charge in [0.2, 0.25) is 0 Å². The van der Waals surface area contributed by atoms with Gasteiger partial charge in [-0.2, -0.15) is 0 Å². The van der Waals surface area contributed by atoms with Crippen LogP contribution in [0, 0.1) is 16.0 Å². The lowest BCUT2D eigenvalue weighted by molar-refractivity contribution is -0.384. The van der Waals surface area contributed by atoms with E-state index in [-0.39, 0.29) is 22.6 Å². The molecule has 4 nitrogen and oxygen atoms in total. The number of hydrogen-bond donors (Lipinski definition) is 1. The van der Waals surface area contributed by atoms with Crippen LogP contribution in [0.4, 0.5) is 11.4 Å². The van der Waals surface area contributed by atoms with Crippen LogP contribution in [0.5, 0.6) is 0 Å². The van der Waals surface area contributed by atoms with Gasteiger partial charge in [-0.25, -0.2) is 0 Å². The minimum absolute atomic E-state index is 0.00322. The molecule has 1 aliphatic carbocycles. The second kappa shape index (κ2) is 6.10. The Morgan fingerprint density at radius 3 is 2.74 bits per heavy atom. The molecule has 5 heteroatoms. The molecular weight excluding hydrogens is 360 g/mol. The first-order chi connectivity index (χ1) is 13.1. The van der Waals surface area contributed by atoms with Crippen molar-refractivity contribution in [2.45, 2.75) is 18.4 Å². The van der Waals surface area contributed by atoms with E-state index >= 15 is 0 Å². The number of nitro benzene ring substituents is 1. The van der Waals surface area contributed by atoms with Gasteiger partial charge in [-0.1, -0.05) is 66.2 Å².